The average Bonchev–Trinajstić information content (AvgIpc) is 2.75. The van der Waals surface area contributed by atoms with Crippen molar-refractivity contribution in [3.8, 4) is 22.9 Å². The van der Waals surface area contributed by atoms with E-state index in [0.29, 0.717) is 6.07 Å². The monoisotopic (exact) mass is 476 g/mol. The number of hydrogen-bond donors (Lipinski definition) is 2. The number of esters is 1. The first-order valence-corrected chi connectivity index (χ1v) is 10.7. The van der Waals surface area contributed by atoms with Crippen LogP contribution < -0.4 is 4.72 Å². The molecule has 0 unspecified atom stereocenters. The molecule has 2 N–H and O–H groups in total. The van der Waals surface area contributed by atoms with E-state index in [2.05, 4.69) is 0 Å². The number of anilines is 1. The van der Waals surface area contributed by atoms with Gasteiger partial charge in [0.1, 0.15) is 23.1 Å². The smallest absolute Gasteiger partial charge is 0.338 e. The van der Waals surface area contributed by atoms with E-state index in [9.17, 15) is 32.4 Å². The number of carbonyl (C=O) groups is 1. The maximum absolute atomic E-state index is 14.7. The van der Waals surface area contributed by atoms with Gasteiger partial charge in [0.15, 0.2) is 5.75 Å². The number of phenolic OH excluding ortho intramolecular Hbond substituents is 1. The summed E-state index contributed by atoms with van der Waals surface area (Å²) < 4.78 is 62.0. The maximum Gasteiger partial charge on any atom is 0.338 e. The first-order chi connectivity index (χ1) is 15.1. The van der Waals surface area contributed by atoms with Crippen LogP contribution in [0, 0.1) is 23.0 Å². The summed E-state index contributed by atoms with van der Waals surface area (Å²) in [6.07, 6.45) is 0. The summed E-state index contributed by atoms with van der Waals surface area (Å²) in [6, 6.07) is 9.27. The predicted octanol–water partition coefficient (Wildman–Crippen LogP) is 4.33. The topological polar surface area (TPSA) is 116 Å². The van der Waals surface area contributed by atoms with Crippen LogP contribution in [0.3, 0.4) is 0 Å². The quantitative estimate of drug-likeness (QED) is 0.466. The molecule has 0 spiro atoms. The van der Waals surface area contributed by atoms with Crippen molar-refractivity contribution in [3.63, 3.8) is 0 Å². The van der Waals surface area contributed by atoms with Crippen molar-refractivity contribution in [2.75, 3.05) is 4.72 Å². The molecule has 0 fully saturated rings. The summed E-state index contributed by atoms with van der Waals surface area (Å²) >= 11 is 5.88. The molecule has 4 rings (SSSR count). The Morgan fingerprint density at radius 3 is 2.56 bits per heavy atom. The number of aromatic hydroxyl groups is 1. The molecule has 0 radical (unpaired) electrons. The Morgan fingerprint density at radius 2 is 1.84 bits per heavy atom. The van der Waals surface area contributed by atoms with Gasteiger partial charge >= 0.3 is 5.97 Å². The van der Waals surface area contributed by atoms with Crippen LogP contribution in [0.5, 0.6) is 5.75 Å². The van der Waals surface area contributed by atoms with Gasteiger partial charge in [-0.15, -0.1) is 0 Å². The first-order valence-electron chi connectivity index (χ1n) is 8.85. The Bertz CT molecular complexity index is 1450. The lowest BCUT2D eigenvalue weighted by molar-refractivity contribution is 0.0473. The third-order valence-corrected chi connectivity index (χ3v) is 6.40. The zero-order valence-corrected chi connectivity index (χ0v) is 17.4. The molecule has 32 heavy (non-hydrogen) atoms. The minimum atomic E-state index is -4.66. The first kappa shape index (κ1) is 21.5. The molecule has 7 nitrogen and oxygen atoms in total. The van der Waals surface area contributed by atoms with E-state index in [-0.39, 0.29) is 27.8 Å². The predicted molar refractivity (Wildman–Crippen MR) is 110 cm³/mol. The van der Waals surface area contributed by atoms with Crippen molar-refractivity contribution < 1.29 is 31.8 Å². The number of sulfonamides is 1. The normalized spacial score (nSPS) is 14.5. The molecule has 0 atom stereocenters. The molecule has 0 aromatic heterocycles. The lowest BCUT2D eigenvalue weighted by Crippen LogP contribution is -2.15. The lowest BCUT2D eigenvalue weighted by atomic mass is 9.97. The fourth-order valence-corrected chi connectivity index (χ4v) is 4.68. The average molecular weight is 477 g/mol. The van der Waals surface area contributed by atoms with Gasteiger partial charge in [0.2, 0.25) is 0 Å². The number of benzene rings is 3. The van der Waals surface area contributed by atoms with Crippen LogP contribution >= 0.6 is 11.6 Å². The molecule has 0 aliphatic carbocycles. The second-order valence-corrected chi connectivity index (χ2v) is 8.84. The number of cyclic esters (lactones) is 1. The van der Waals surface area contributed by atoms with Gasteiger partial charge in [0, 0.05) is 11.6 Å². The van der Waals surface area contributed by atoms with Gasteiger partial charge in [0.25, 0.3) is 10.0 Å². The maximum atomic E-state index is 14.7. The van der Waals surface area contributed by atoms with E-state index in [4.69, 9.17) is 16.3 Å². The largest absolute Gasteiger partial charge is 0.505 e. The zero-order chi connectivity index (χ0) is 23.2. The van der Waals surface area contributed by atoms with Crippen molar-refractivity contribution in [1.82, 2.24) is 0 Å². The molecule has 0 amide bonds. The van der Waals surface area contributed by atoms with Crippen molar-refractivity contribution >= 4 is 33.3 Å². The number of nitriles is 1. The number of hydrogen-bond acceptors (Lipinski definition) is 6. The second kappa shape index (κ2) is 7.78. The van der Waals surface area contributed by atoms with Gasteiger partial charge in [-0.2, -0.15) is 5.26 Å². The fraction of sp³-hybridized carbons (Fsp3) is 0.0476. The van der Waals surface area contributed by atoms with Gasteiger partial charge in [0.05, 0.1) is 27.9 Å². The van der Waals surface area contributed by atoms with Gasteiger partial charge in [-0.25, -0.2) is 22.0 Å². The summed E-state index contributed by atoms with van der Waals surface area (Å²) in [5.74, 6) is -4.08. The molecule has 4 bridgehead atoms. The van der Waals surface area contributed by atoms with E-state index in [1.165, 1.54) is 18.2 Å². The van der Waals surface area contributed by atoms with Gasteiger partial charge < -0.3 is 9.84 Å². The van der Waals surface area contributed by atoms with Crippen molar-refractivity contribution in [1.29, 1.82) is 5.26 Å². The van der Waals surface area contributed by atoms with E-state index in [0.717, 1.165) is 18.2 Å². The lowest BCUT2D eigenvalue weighted by Gasteiger charge is -2.14. The molecular formula is C21H11ClF2N2O5S. The Labute approximate surface area is 185 Å². The van der Waals surface area contributed by atoms with Crippen molar-refractivity contribution in [2.45, 2.75) is 11.5 Å². The number of fused-ring (bicyclic) bond motifs is 6. The fourth-order valence-electron chi connectivity index (χ4n) is 3.20. The summed E-state index contributed by atoms with van der Waals surface area (Å²) in [5, 5.41) is 18.9. The summed E-state index contributed by atoms with van der Waals surface area (Å²) in [7, 11) is -4.66. The molecule has 0 saturated carbocycles. The van der Waals surface area contributed by atoms with E-state index in [1.807, 2.05) is 10.8 Å². The SMILES string of the molecule is N#Cc1ccc2c(c1)COC(=O)c1cc(Cl)c(O)c(c1)S(=O)(=O)Nc1cc-2c(F)cc1F. The van der Waals surface area contributed by atoms with Crippen LogP contribution in [-0.4, -0.2) is 19.5 Å². The second-order valence-electron chi connectivity index (χ2n) is 6.78. The number of nitrogens with one attached hydrogen (secondary N) is 1. The molecule has 3 aromatic carbocycles. The van der Waals surface area contributed by atoms with Crippen LogP contribution in [0.1, 0.15) is 21.5 Å². The Kier molecular flexibility index (Phi) is 5.24. The van der Waals surface area contributed by atoms with E-state index < -0.39 is 55.6 Å². The van der Waals surface area contributed by atoms with Gasteiger partial charge in [-0.3, -0.25) is 4.72 Å². The Hall–Kier alpha value is -3.68. The molecule has 1 heterocycles. The van der Waals surface area contributed by atoms with Crippen LogP contribution in [0.25, 0.3) is 11.1 Å². The van der Waals surface area contributed by atoms with Crippen LogP contribution in [0.4, 0.5) is 14.5 Å². The number of nitrogens with zero attached hydrogens (tertiary/aromatic N) is 1. The Morgan fingerprint density at radius 1 is 1.09 bits per heavy atom. The van der Waals surface area contributed by atoms with Gasteiger partial charge in [-0.05, 0) is 41.5 Å². The van der Waals surface area contributed by atoms with Crippen molar-refractivity contribution in [2.24, 2.45) is 0 Å². The molecular weight excluding hydrogens is 466 g/mol. The summed E-state index contributed by atoms with van der Waals surface area (Å²) in [5.41, 5.74) is -0.536. The van der Waals surface area contributed by atoms with Crippen molar-refractivity contribution in [3.05, 3.63) is 75.8 Å². The summed E-state index contributed by atoms with van der Waals surface area (Å²) in [6.45, 7) is -0.413. The highest BCUT2D eigenvalue weighted by Crippen LogP contribution is 2.37. The zero-order valence-electron chi connectivity index (χ0n) is 15.8. The third-order valence-electron chi connectivity index (χ3n) is 4.74. The third kappa shape index (κ3) is 3.72. The van der Waals surface area contributed by atoms with E-state index >= 15 is 0 Å². The highest BCUT2D eigenvalue weighted by molar-refractivity contribution is 7.92. The minimum absolute atomic E-state index is 0.154. The van der Waals surface area contributed by atoms with Crippen LogP contribution in [0.15, 0.2) is 47.4 Å². The number of rotatable bonds is 0. The standard InChI is InChI=1S/C21H11ClF2N2O5S/c22-15-4-11-5-19(20(15)27)32(29,30)26-18-6-14(16(23)7-17(18)24)13-2-1-10(8-25)3-12(13)9-31-21(11)28/h1-7,26-27H,9H2. The number of carbonyl (C=O) groups excluding carboxylic acids is 1. The molecule has 1 aliphatic rings. The summed E-state index contributed by atoms with van der Waals surface area (Å²) in [4.78, 5) is 11.8. The highest BCUT2D eigenvalue weighted by Gasteiger charge is 2.27. The van der Waals surface area contributed by atoms with Gasteiger partial charge in [-0.1, -0.05) is 17.7 Å². The minimum Gasteiger partial charge on any atom is -0.505 e. The molecule has 1 aliphatic heterocycles. The number of ether oxygens (including phenoxy) is 1. The van der Waals surface area contributed by atoms with E-state index in [1.54, 1.807) is 0 Å². The number of phenols is 1. The molecule has 0 saturated heterocycles. The molecule has 3 aromatic rings. The van der Waals surface area contributed by atoms with Crippen LogP contribution in [0.2, 0.25) is 5.02 Å². The Balaban J connectivity index is 2.03. The highest BCUT2D eigenvalue weighted by atomic mass is 35.5. The van der Waals surface area contributed by atoms with Crippen LogP contribution in [-0.2, 0) is 21.4 Å². The number of halogens is 3. The molecule has 162 valence electrons. The molecule has 11 heteroatoms.